The number of carbonyl (C=O) groups is 4. The van der Waals surface area contributed by atoms with E-state index in [4.69, 9.17) is 38.8 Å². The van der Waals surface area contributed by atoms with Crippen LogP contribution in [0, 0.1) is 0 Å². The maximum atomic E-state index is 12.4. The number of carboxylic acid groups (broad SMARTS) is 1. The molecule has 1 aromatic heterocycles. The molecule has 1 aliphatic heterocycles. The lowest BCUT2D eigenvalue weighted by molar-refractivity contribution is -0.141. The minimum atomic E-state index is -1.47. The van der Waals surface area contributed by atoms with Gasteiger partial charge in [-0.15, -0.1) is 23.7 Å². The monoisotopic (exact) mass is 625 g/mol. The number of nitrogens with zero attached hydrogens (tertiary/aromatic N) is 3. The summed E-state index contributed by atoms with van der Waals surface area (Å²) in [5, 5.41) is 13.8. The lowest BCUT2D eigenvalue weighted by Crippen LogP contribution is -2.46. The van der Waals surface area contributed by atoms with Crippen LogP contribution in [0.15, 0.2) is 27.9 Å². The Morgan fingerprint density at radius 3 is 2.71 bits per heavy atom. The largest absolute Gasteiger partial charge is 0.480 e. The SMILES string of the molecule is CC(=O)N(C[C@@H]1CN(Cc2ccc(Cl)c(Cl)c2)CCO1)Sc1nc(C(=O)N[C@@H](CC(N)=O)C(=O)O)cs1.Cl. The van der Waals surface area contributed by atoms with Gasteiger partial charge in [-0.2, -0.15) is 0 Å². The molecule has 3 amide bonds. The normalized spacial score (nSPS) is 16.2. The number of amides is 3. The highest BCUT2D eigenvalue weighted by Crippen LogP contribution is 2.28. The molecule has 2 heterocycles. The molecule has 2 aromatic rings. The molecule has 0 unspecified atom stereocenters. The summed E-state index contributed by atoms with van der Waals surface area (Å²) in [5.74, 6) is -3.23. The van der Waals surface area contributed by atoms with Crippen molar-refractivity contribution in [2.45, 2.75) is 36.4 Å². The van der Waals surface area contributed by atoms with Gasteiger partial charge >= 0.3 is 5.97 Å². The number of carboxylic acids is 1. The van der Waals surface area contributed by atoms with Gasteiger partial charge in [0.2, 0.25) is 11.8 Å². The summed E-state index contributed by atoms with van der Waals surface area (Å²) in [6.07, 6.45) is -0.797. The predicted molar refractivity (Wildman–Crippen MR) is 147 cm³/mol. The van der Waals surface area contributed by atoms with E-state index in [9.17, 15) is 19.2 Å². The minimum absolute atomic E-state index is 0. The van der Waals surface area contributed by atoms with Gasteiger partial charge in [0.1, 0.15) is 11.7 Å². The van der Waals surface area contributed by atoms with Gasteiger partial charge in [0.15, 0.2) is 4.34 Å². The summed E-state index contributed by atoms with van der Waals surface area (Å²) in [6.45, 7) is 4.18. The Kier molecular flexibility index (Phi) is 12.6. The quantitative estimate of drug-likeness (QED) is 0.319. The second kappa shape index (κ2) is 14.9. The summed E-state index contributed by atoms with van der Waals surface area (Å²) >= 11 is 14.3. The molecule has 3 rings (SSSR count). The average Bonchev–Trinajstić information content (AvgIpc) is 3.29. The fraction of sp³-hybridized carbons (Fsp3) is 0.409. The third kappa shape index (κ3) is 9.56. The number of thiazole rings is 1. The summed E-state index contributed by atoms with van der Waals surface area (Å²) in [4.78, 5) is 53.4. The molecule has 16 heteroatoms. The number of aromatic nitrogens is 1. The number of nitrogens with one attached hydrogen (secondary N) is 1. The summed E-state index contributed by atoms with van der Waals surface area (Å²) in [7, 11) is 0. The van der Waals surface area contributed by atoms with Crippen molar-refractivity contribution in [2.75, 3.05) is 26.2 Å². The number of ether oxygens (including phenoxy) is 1. The van der Waals surface area contributed by atoms with Crippen LogP contribution in [0.5, 0.6) is 0 Å². The van der Waals surface area contributed by atoms with Gasteiger partial charge < -0.3 is 20.9 Å². The highest BCUT2D eigenvalue weighted by atomic mass is 35.5. The van der Waals surface area contributed by atoms with E-state index < -0.39 is 30.2 Å². The standard InChI is InChI=1S/C22H25Cl2N5O6S2.ClH/c1-12(30)29(10-14-9-28(4-5-35-14)8-13-2-3-15(23)16(24)6-13)37-22-27-18(11-36-22)20(32)26-17(21(33)34)7-19(25)31;/h2-3,6,11,14,17H,4-5,7-10H2,1H3,(H2,25,31)(H,26,32)(H,33,34);1H/t14-,17-;/m0./s1. The molecule has 208 valence electrons. The van der Waals surface area contributed by atoms with Gasteiger partial charge in [0, 0.05) is 43.9 Å². The van der Waals surface area contributed by atoms with Crippen molar-refractivity contribution >= 4 is 82.6 Å². The first-order chi connectivity index (χ1) is 17.5. The first kappa shape index (κ1) is 32.1. The highest BCUT2D eigenvalue weighted by Gasteiger charge is 2.27. The molecule has 0 radical (unpaired) electrons. The van der Waals surface area contributed by atoms with Gasteiger partial charge in [-0.3, -0.25) is 23.6 Å². The van der Waals surface area contributed by atoms with Crippen molar-refractivity contribution in [3.8, 4) is 0 Å². The van der Waals surface area contributed by atoms with Gasteiger partial charge in [0.05, 0.1) is 35.7 Å². The number of hydrogen-bond acceptors (Lipinski definition) is 9. The van der Waals surface area contributed by atoms with E-state index >= 15 is 0 Å². The van der Waals surface area contributed by atoms with Gasteiger partial charge in [-0.05, 0) is 17.7 Å². The predicted octanol–water partition coefficient (Wildman–Crippen LogP) is 2.69. The number of benzene rings is 1. The van der Waals surface area contributed by atoms with E-state index in [0.29, 0.717) is 40.6 Å². The van der Waals surface area contributed by atoms with Crippen molar-refractivity contribution in [1.29, 1.82) is 0 Å². The Morgan fingerprint density at radius 2 is 2.08 bits per heavy atom. The third-order valence-electron chi connectivity index (χ3n) is 5.25. The number of hydrogen-bond donors (Lipinski definition) is 3. The van der Waals surface area contributed by atoms with Gasteiger partial charge in [-0.25, -0.2) is 9.78 Å². The molecular weight excluding hydrogens is 601 g/mol. The zero-order chi connectivity index (χ0) is 27.1. The van der Waals surface area contributed by atoms with E-state index in [1.165, 1.54) is 16.6 Å². The molecule has 0 aliphatic carbocycles. The summed E-state index contributed by atoms with van der Waals surface area (Å²) < 4.78 is 7.79. The molecule has 0 bridgehead atoms. The van der Waals surface area contributed by atoms with E-state index in [-0.39, 0.29) is 30.1 Å². The van der Waals surface area contributed by atoms with Crippen molar-refractivity contribution in [3.05, 3.63) is 44.9 Å². The lowest BCUT2D eigenvalue weighted by Gasteiger charge is -2.35. The second-order valence-electron chi connectivity index (χ2n) is 8.18. The molecule has 1 aromatic carbocycles. The van der Waals surface area contributed by atoms with Crippen LogP contribution < -0.4 is 11.1 Å². The first-order valence-electron chi connectivity index (χ1n) is 11.0. The molecule has 0 spiro atoms. The van der Waals surface area contributed by atoms with Gasteiger partial charge in [0.25, 0.3) is 5.91 Å². The van der Waals surface area contributed by atoms with Crippen LogP contribution in [0.25, 0.3) is 0 Å². The Morgan fingerprint density at radius 1 is 1.34 bits per heavy atom. The number of rotatable bonds is 11. The number of nitrogens with two attached hydrogens (primary N) is 1. The van der Waals surface area contributed by atoms with Crippen molar-refractivity contribution in [2.24, 2.45) is 5.73 Å². The number of primary amides is 1. The van der Waals surface area contributed by atoms with Crippen LogP contribution in [-0.2, 0) is 25.7 Å². The molecule has 1 fully saturated rings. The average molecular weight is 627 g/mol. The van der Waals surface area contributed by atoms with Gasteiger partial charge in [-0.1, -0.05) is 29.3 Å². The highest BCUT2D eigenvalue weighted by molar-refractivity contribution is 7.99. The van der Waals surface area contributed by atoms with E-state index in [1.54, 1.807) is 6.07 Å². The Balaban J connectivity index is 0.00000507. The van der Waals surface area contributed by atoms with Crippen molar-refractivity contribution in [1.82, 2.24) is 19.5 Å². The number of carbonyl (C=O) groups excluding carboxylic acids is 3. The van der Waals surface area contributed by atoms with Crippen LogP contribution in [0.1, 0.15) is 29.4 Å². The summed E-state index contributed by atoms with van der Waals surface area (Å²) in [5.41, 5.74) is 6.02. The zero-order valence-electron chi connectivity index (χ0n) is 20.1. The zero-order valence-corrected chi connectivity index (χ0v) is 24.1. The van der Waals surface area contributed by atoms with Crippen molar-refractivity contribution < 1.29 is 29.0 Å². The van der Waals surface area contributed by atoms with Crippen LogP contribution in [0.2, 0.25) is 10.0 Å². The van der Waals surface area contributed by atoms with Crippen LogP contribution in [-0.4, -0.2) is 81.4 Å². The molecule has 38 heavy (non-hydrogen) atoms. The molecule has 1 aliphatic rings. The third-order valence-corrected chi connectivity index (χ3v) is 8.01. The molecule has 1 saturated heterocycles. The van der Waals surface area contributed by atoms with Crippen molar-refractivity contribution in [3.63, 3.8) is 0 Å². The Bertz CT molecular complexity index is 1170. The molecule has 2 atom stereocenters. The molecule has 4 N–H and O–H groups in total. The smallest absolute Gasteiger partial charge is 0.326 e. The number of morpholine rings is 1. The van der Waals surface area contributed by atoms with Crippen LogP contribution in [0.4, 0.5) is 0 Å². The summed E-state index contributed by atoms with van der Waals surface area (Å²) in [6, 6.07) is 4.04. The fourth-order valence-electron chi connectivity index (χ4n) is 3.48. The van der Waals surface area contributed by atoms with E-state index in [1.807, 2.05) is 12.1 Å². The second-order valence-corrected chi connectivity index (χ2v) is 11.1. The molecule has 0 saturated carbocycles. The maximum absolute atomic E-state index is 12.4. The number of halogens is 3. The minimum Gasteiger partial charge on any atom is -0.480 e. The Labute approximate surface area is 243 Å². The Hall–Kier alpha value is -2.13. The molecular formula is C22H26Cl3N5O6S2. The van der Waals surface area contributed by atoms with Crippen LogP contribution in [0.3, 0.4) is 0 Å². The topological polar surface area (TPSA) is 155 Å². The first-order valence-corrected chi connectivity index (χ1v) is 13.4. The van der Waals surface area contributed by atoms with E-state index in [0.717, 1.165) is 35.4 Å². The van der Waals surface area contributed by atoms with Crippen LogP contribution >= 0.6 is 58.9 Å². The number of aliphatic carboxylic acids is 1. The maximum Gasteiger partial charge on any atom is 0.326 e. The molecule has 11 nitrogen and oxygen atoms in total. The lowest BCUT2D eigenvalue weighted by atomic mass is 10.2. The fourth-order valence-corrected chi connectivity index (χ4v) is 5.60. The van der Waals surface area contributed by atoms with E-state index in [2.05, 4.69) is 15.2 Å².